The normalized spacial score (nSPS) is 23.9. The molecule has 4 nitrogen and oxygen atoms in total. The average molecular weight is 382 g/mol. The topological polar surface area (TPSA) is 66.4 Å². The smallest absolute Gasteiger partial charge is 0.250 e. The summed E-state index contributed by atoms with van der Waals surface area (Å²) < 4.78 is 28.4. The Labute approximate surface area is 132 Å². The number of aliphatic hydroxyl groups excluding tert-OH is 1. The molecule has 0 aromatic carbocycles. The Morgan fingerprint density at radius 2 is 2.05 bits per heavy atom. The van der Waals surface area contributed by atoms with E-state index in [0.717, 1.165) is 35.0 Å². The molecule has 0 saturated heterocycles. The van der Waals surface area contributed by atoms with Crippen LogP contribution < -0.4 is 4.72 Å². The summed E-state index contributed by atoms with van der Waals surface area (Å²) in [6, 6.07) is 1.68. The molecular formula is C13H20BrNO3S2. The molecule has 0 amide bonds. The molecular weight excluding hydrogens is 362 g/mol. The van der Waals surface area contributed by atoms with Crippen molar-refractivity contribution >= 4 is 37.3 Å². The summed E-state index contributed by atoms with van der Waals surface area (Å²) in [5.74, 6) is 0.469. The van der Waals surface area contributed by atoms with E-state index < -0.39 is 10.0 Å². The Kier molecular flexibility index (Phi) is 5.64. The molecule has 2 unspecified atom stereocenters. The number of sulfonamides is 1. The van der Waals surface area contributed by atoms with Gasteiger partial charge in [0.15, 0.2) is 0 Å². The zero-order chi connectivity index (χ0) is 14.8. The summed E-state index contributed by atoms with van der Waals surface area (Å²) in [7, 11) is -3.44. The molecule has 0 radical (unpaired) electrons. The molecule has 1 aromatic rings. The average Bonchev–Trinajstić information content (AvgIpc) is 2.78. The van der Waals surface area contributed by atoms with Crippen LogP contribution in [-0.4, -0.2) is 26.7 Å². The van der Waals surface area contributed by atoms with Crippen molar-refractivity contribution < 1.29 is 13.5 Å². The molecule has 1 heterocycles. The number of rotatable bonds is 5. The maximum Gasteiger partial charge on any atom is 0.250 e. The van der Waals surface area contributed by atoms with Gasteiger partial charge in [-0.05, 0) is 59.2 Å². The summed E-state index contributed by atoms with van der Waals surface area (Å²) in [6.07, 6.45) is 4.23. The van der Waals surface area contributed by atoms with Crippen molar-refractivity contribution in [1.82, 2.24) is 4.72 Å². The molecule has 0 aliphatic heterocycles. The molecule has 1 aromatic heterocycles. The van der Waals surface area contributed by atoms with Gasteiger partial charge in [0.05, 0.1) is 3.79 Å². The molecule has 114 valence electrons. The monoisotopic (exact) mass is 381 g/mol. The second-order valence-electron chi connectivity index (χ2n) is 5.36. The second kappa shape index (κ2) is 6.87. The SMILES string of the molecule is Cc1cc(S(=O)(=O)NCC2CCCCC2CO)sc1Br. The maximum atomic E-state index is 12.3. The maximum absolute atomic E-state index is 12.3. The molecule has 0 spiro atoms. The molecule has 2 N–H and O–H groups in total. The van der Waals surface area contributed by atoms with Gasteiger partial charge in [-0.15, -0.1) is 11.3 Å². The van der Waals surface area contributed by atoms with Gasteiger partial charge in [-0.1, -0.05) is 12.8 Å². The molecule has 1 fully saturated rings. The van der Waals surface area contributed by atoms with Crippen molar-refractivity contribution in [2.45, 2.75) is 36.8 Å². The van der Waals surface area contributed by atoms with Gasteiger partial charge in [0.1, 0.15) is 4.21 Å². The van der Waals surface area contributed by atoms with Crippen molar-refractivity contribution in [3.05, 3.63) is 15.4 Å². The first kappa shape index (κ1) is 16.4. The first-order chi connectivity index (χ1) is 9.44. The summed E-state index contributed by atoms with van der Waals surface area (Å²) in [4.78, 5) is 0. The summed E-state index contributed by atoms with van der Waals surface area (Å²) in [5.41, 5.74) is 0.932. The minimum absolute atomic E-state index is 0.149. The van der Waals surface area contributed by atoms with Gasteiger partial charge < -0.3 is 5.11 Å². The molecule has 1 saturated carbocycles. The highest BCUT2D eigenvalue weighted by Gasteiger charge is 2.27. The van der Waals surface area contributed by atoms with Crippen molar-refractivity contribution in [3.8, 4) is 0 Å². The van der Waals surface area contributed by atoms with E-state index in [0.29, 0.717) is 10.8 Å². The van der Waals surface area contributed by atoms with Crippen molar-refractivity contribution in [2.24, 2.45) is 11.8 Å². The third-order valence-electron chi connectivity index (χ3n) is 3.94. The second-order valence-corrected chi connectivity index (χ2v) is 9.73. The zero-order valence-corrected chi connectivity index (χ0v) is 14.7. The highest BCUT2D eigenvalue weighted by Crippen LogP contribution is 2.32. The highest BCUT2D eigenvalue weighted by atomic mass is 79.9. The number of aliphatic hydroxyl groups is 1. The molecule has 7 heteroatoms. The van der Waals surface area contributed by atoms with Gasteiger partial charge in [0.2, 0.25) is 10.0 Å². The van der Waals surface area contributed by atoms with E-state index in [9.17, 15) is 13.5 Å². The van der Waals surface area contributed by atoms with Crippen LogP contribution in [0.15, 0.2) is 14.1 Å². The van der Waals surface area contributed by atoms with Gasteiger partial charge in [0, 0.05) is 13.2 Å². The lowest BCUT2D eigenvalue weighted by atomic mass is 9.80. The van der Waals surface area contributed by atoms with Crippen LogP contribution in [0.1, 0.15) is 31.2 Å². The van der Waals surface area contributed by atoms with Crippen molar-refractivity contribution in [2.75, 3.05) is 13.2 Å². The Bertz CT molecular complexity index is 536. The van der Waals surface area contributed by atoms with E-state index in [1.807, 2.05) is 6.92 Å². The van der Waals surface area contributed by atoms with Crippen LogP contribution in [0.5, 0.6) is 0 Å². The number of hydrogen-bond acceptors (Lipinski definition) is 4. The summed E-state index contributed by atoms with van der Waals surface area (Å²) in [6.45, 7) is 2.45. The van der Waals surface area contributed by atoms with Gasteiger partial charge in [-0.25, -0.2) is 13.1 Å². The first-order valence-electron chi connectivity index (χ1n) is 6.80. The predicted molar refractivity (Wildman–Crippen MR) is 84.5 cm³/mol. The Hall–Kier alpha value is 0.0500. The van der Waals surface area contributed by atoms with E-state index in [2.05, 4.69) is 20.7 Å². The number of thiophene rings is 1. The van der Waals surface area contributed by atoms with E-state index in [1.54, 1.807) is 6.07 Å². The third kappa shape index (κ3) is 3.82. The molecule has 1 aliphatic rings. The summed E-state index contributed by atoms with van der Waals surface area (Å²) >= 11 is 4.58. The Balaban J connectivity index is 2.01. The molecule has 0 bridgehead atoms. The van der Waals surface area contributed by atoms with Crippen LogP contribution in [0.3, 0.4) is 0 Å². The molecule has 2 atom stereocenters. The van der Waals surface area contributed by atoms with Crippen LogP contribution >= 0.6 is 27.3 Å². The number of halogens is 1. The first-order valence-corrected chi connectivity index (χ1v) is 9.89. The predicted octanol–water partition coefficient (Wildman–Crippen LogP) is 2.90. The lowest BCUT2D eigenvalue weighted by Crippen LogP contribution is -2.35. The molecule has 1 aliphatic carbocycles. The highest BCUT2D eigenvalue weighted by molar-refractivity contribution is 9.11. The minimum atomic E-state index is -3.44. The standard InChI is InChI=1S/C13H20BrNO3S2/c1-9-6-12(19-13(9)14)20(17,18)15-7-10-4-2-3-5-11(10)8-16/h6,10-11,15-16H,2-5,7-8H2,1H3. The summed E-state index contributed by atoms with van der Waals surface area (Å²) in [5, 5.41) is 9.37. The van der Waals surface area contributed by atoms with Gasteiger partial charge in [-0.3, -0.25) is 0 Å². The molecule has 20 heavy (non-hydrogen) atoms. The van der Waals surface area contributed by atoms with E-state index in [4.69, 9.17) is 0 Å². The number of hydrogen-bond donors (Lipinski definition) is 2. The molecule has 2 rings (SSSR count). The fraction of sp³-hybridized carbons (Fsp3) is 0.692. The van der Waals surface area contributed by atoms with Crippen molar-refractivity contribution in [3.63, 3.8) is 0 Å². The third-order valence-corrected chi connectivity index (χ3v) is 7.97. The quantitative estimate of drug-likeness (QED) is 0.823. The Morgan fingerprint density at radius 3 is 2.60 bits per heavy atom. The number of aryl methyl sites for hydroxylation is 1. The van der Waals surface area contributed by atoms with Gasteiger partial charge in [0.25, 0.3) is 0 Å². The fourth-order valence-corrected chi connectivity index (χ4v) is 6.01. The lowest BCUT2D eigenvalue weighted by molar-refractivity contribution is 0.136. The largest absolute Gasteiger partial charge is 0.396 e. The van der Waals surface area contributed by atoms with E-state index in [1.165, 1.54) is 11.3 Å². The van der Waals surface area contributed by atoms with Gasteiger partial charge >= 0.3 is 0 Å². The van der Waals surface area contributed by atoms with Crippen LogP contribution in [-0.2, 0) is 10.0 Å². The van der Waals surface area contributed by atoms with E-state index >= 15 is 0 Å². The zero-order valence-electron chi connectivity index (χ0n) is 11.4. The Morgan fingerprint density at radius 1 is 1.40 bits per heavy atom. The van der Waals surface area contributed by atoms with E-state index in [-0.39, 0.29) is 18.4 Å². The van der Waals surface area contributed by atoms with Gasteiger partial charge in [-0.2, -0.15) is 0 Å². The van der Waals surface area contributed by atoms with Crippen molar-refractivity contribution in [1.29, 1.82) is 0 Å². The van der Waals surface area contributed by atoms with Crippen LogP contribution in [0, 0.1) is 18.8 Å². The van der Waals surface area contributed by atoms with Crippen LogP contribution in [0.25, 0.3) is 0 Å². The fourth-order valence-electron chi connectivity index (χ4n) is 2.65. The van der Waals surface area contributed by atoms with Crippen LogP contribution in [0.2, 0.25) is 0 Å². The lowest BCUT2D eigenvalue weighted by Gasteiger charge is -2.30. The van der Waals surface area contributed by atoms with Crippen LogP contribution in [0.4, 0.5) is 0 Å². The minimum Gasteiger partial charge on any atom is -0.396 e. The number of nitrogens with one attached hydrogen (secondary N) is 1.